The molecule has 0 aliphatic heterocycles. The molecule has 14 heavy (non-hydrogen) atoms. The van der Waals surface area contributed by atoms with Crippen LogP contribution in [0.15, 0.2) is 24.3 Å². The third-order valence-corrected chi connectivity index (χ3v) is 1.75. The van der Waals surface area contributed by atoms with Gasteiger partial charge in [-0.25, -0.2) is 4.79 Å². The third kappa shape index (κ3) is 2.69. The Morgan fingerprint density at radius 2 is 2.07 bits per heavy atom. The maximum absolute atomic E-state index is 11.3. The molecule has 0 unspecified atom stereocenters. The van der Waals surface area contributed by atoms with Crippen molar-refractivity contribution in [1.29, 1.82) is 0 Å². The SMILES string of the molecule is CCC(=O)OC(=O)c1cccc(C)c1. The first-order valence-electron chi connectivity index (χ1n) is 4.45. The van der Waals surface area contributed by atoms with Gasteiger partial charge in [-0.2, -0.15) is 0 Å². The molecule has 0 bridgehead atoms. The molecule has 0 fully saturated rings. The number of rotatable bonds is 2. The predicted molar refractivity (Wildman–Crippen MR) is 51.9 cm³/mol. The lowest BCUT2D eigenvalue weighted by molar-refractivity contribution is -0.137. The highest BCUT2D eigenvalue weighted by atomic mass is 16.6. The molecule has 0 aromatic heterocycles. The molecule has 1 rings (SSSR count). The number of esters is 2. The highest BCUT2D eigenvalue weighted by Gasteiger charge is 2.10. The van der Waals surface area contributed by atoms with Gasteiger partial charge in [0.1, 0.15) is 0 Å². The van der Waals surface area contributed by atoms with Crippen LogP contribution >= 0.6 is 0 Å². The highest BCUT2D eigenvalue weighted by molar-refractivity contribution is 5.96. The van der Waals surface area contributed by atoms with Crippen molar-refractivity contribution in [2.45, 2.75) is 20.3 Å². The van der Waals surface area contributed by atoms with Crippen molar-refractivity contribution in [2.75, 3.05) is 0 Å². The van der Waals surface area contributed by atoms with E-state index in [1.54, 1.807) is 25.1 Å². The zero-order valence-corrected chi connectivity index (χ0v) is 8.24. The first kappa shape index (κ1) is 10.4. The molecular weight excluding hydrogens is 180 g/mol. The van der Waals surface area contributed by atoms with Gasteiger partial charge in [0.05, 0.1) is 5.56 Å². The van der Waals surface area contributed by atoms with Crippen molar-refractivity contribution in [1.82, 2.24) is 0 Å². The minimum Gasteiger partial charge on any atom is -0.389 e. The summed E-state index contributed by atoms with van der Waals surface area (Å²) in [6.07, 6.45) is 0.206. The number of carbonyl (C=O) groups is 2. The Hall–Kier alpha value is -1.64. The lowest BCUT2D eigenvalue weighted by atomic mass is 10.1. The summed E-state index contributed by atoms with van der Waals surface area (Å²) in [7, 11) is 0. The van der Waals surface area contributed by atoms with Gasteiger partial charge >= 0.3 is 11.9 Å². The van der Waals surface area contributed by atoms with Gasteiger partial charge in [-0.1, -0.05) is 24.6 Å². The normalized spacial score (nSPS) is 9.57. The second kappa shape index (κ2) is 4.56. The van der Waals surface area contributed by atoms with Gasteiger partial charge in [-0.05, 0) is 19.1 Å². The summed E-state index contributed by atoms with van der Waals surface area (Å²) in [6, 6.07) is 6.93. The van der Waals surface area contributed by atoms with Crippen LogP contribution in [0.3, 0.4) is 0 Å². The van der Waals surface area contributed by atoms with E-state index in [2.05, 4.69) is 4.74 Å². The van der Waals surface area contributed by atoms with E-state index in [0.29, 0.717) is 5.56 Å². The van der Waals surface area contributed by atoms with Gasteiger partial charge in [0, 0.05) is 6.42 Å². The summed E-state index contributed by atoms with van der Waals surface area (Å²) in [4.78, 5) is 22.2. The molecule has 0 N–H and O–H groups in total. The monoisotopic (exact) mass is 192 g/mol. The maximum Gasteiger partial charge on any atom is 0.345 e. The van der Waals surface area contributed by atoms with E-state index in [1.165, 1.54) is 0 Å². The van der Waals surface area contributed by atoms with Crippen LogP contribution in [-0.4, -0.2) is 11.9 Å². The Morgan fingerprint density at radius 1 is 1.36 bits per heavy atom. The first-order valence-corrected chi connectivity index (χ1v) is 4.45. The van der Waals surface area contributed by atoms with E-state index in [0.717, 1.165) is 5.56 Å². The summed E-state index contributed by atoms with van der Waals surface area (Å²) in [5.41, 5.74) is 1.37. The van der Waals surface area contributed by atoms with Crippen molar-refractivity contribution >= 4 is 11.9 Å². The topological polar surface area (TPSA) is 43.4 Å². The summed E-state index contributed by atoms with van der Waals surface area (Å²) in [5, 5.41) is 0. The van der Waals surface area contributed by atoms with Crippen LogP contribution in [0.2, 0.25) is 0 Å². The zero-order valence-electron chi connectivity index (χ0n) is 8.24. The maximum atomic E-state index is 11.3. The highest BCUT2D eigenvalue weighted by Crippen LogP contribution is 2.05. The van der Waals surface area contributed by atoms with E-state index in [1.807, 2.05) is 13.0 Å². The number of ether oxygens (including phenoxy) is 1. The van der Waals surface area contributed by atoms with E-state index >= 15 is 0 Å². The molecule has 0 radical (unpaired) electrons. The van der Waals surface area contributed by atoms with Crippen molar-refractivity contribution in [3.05, 3.63) is 35.4 Å². The molecule has 0 spiro atoms. The second-order valence-corrected chi connectivity index (χ2v) is 2.98. The average Bonchev–Trinajstić information content (AvgIpc) is 2.17. The van der Waals surface area contributed by atoms with Crippen molar-refractivity contribution in [3.8, 4) is 0 Å². The fourth-order valence-electron chi connectivity index (χ4n) is 1.01. The largest absolute Gasteiger partial charge is 0.389 e. The minimum atomic E-state index is -0.583. The number of benzene rings is 1. The Bertz CT molecular complexity index is 355. The van der Waals surface area contributed by atoms with Gasteiger partial charge in [0.2, 0.25) is 0 Å². The van der Waals surface area contributed by atoms with E-state index in [4.69, 9.17) is 0 Å². The predicted octanol–water partition coefficient (Wildman–Crippen LogP) is 2.09. The number of hydrogen-bond acceptors (Lipinski definition) is 3. The Balaban J connectivity index is 2.75. The van der Waals surface area contributed by atoms with Crippen LogP contribution in [0, 0.1) is 6.92 Å². The molecule has 0 saturated carbocycles. The molecule has 1 aromatic rings. The van der Waals surface area contributed by atoms with Crippen LogP contribution in [0.5, 0.6) is 0 Å². The molecule has 0 amide bonds. The Labute approximate surface area is 82.7 Å². The fourth-order valence-corrected chi connectivity index (χ4v) is 1.01. The van der Waals surface area contributed by atoms with Crippen molar-refractivity contribution in [2.24, 2.45) is 0 Å². The summed E-state index contributed by atoms with van der Waals surface area (Å²) in [5.74, 6) is -1.09. The van der Waals surface area contributed by atoms with Gasteiger partial charge in [0.25, 0.3) is 0 Å². The summed E-state index contributed by atoms with van der Waals surface area (Å²) >= 11 is 0. The van der Waals surface area contributed by atoms with Crippen LogP contribution in [-0.2, 0) is 9.53 Å². The molecule has 0 aliphatic carbocycles. The zero-order chi connectivity index (χ0) is 10.6. The molecule has 0 atom stereocenters. The van der Waals surface area contributed by atoms with Crippen LogP contribution in [0.1, 0.15) is 29.3 Å². The van der Waals surface area contributed by atoms with Crippen LogP contribution in [0.4, 0.5) is 0 Å². The lowest BCUT2D eigenvalue weighted by Crippen LogP contribution is -2.11. The quantitative estimate of drug-likeness (QED) is 0.532. The first-order chi connectivity index (χ1) is 6.63. The van der Waals surface area contributed by atoms with Crippen molar-refractivity contribution in [3.63, 3.8) is 0 Å². The lowest BCUT2D eigenvalue weighted by Gasteiger charge is -2.01. The molecule has 1 aromatic carbocycles. The Morgan fingerprint density at radius 3 is 2.64 bits per heavy atom. The van der Waals surface area contributed by atoms with Crippen LogP contribution in [0.25, 0.3) is 0 Å². The van der Waals surface area contributed by atoms with Crippen LogP contribution < -0.4 is 0 Å². The second-order valence-electron chi connectivity index (χ2n) is 2.98. The molecule has 74 valence electrons. The van der Waals surface area contributed by atoms with Gasteiger partial charge in [-0.3, -0.25) is 4.79 Å². The smallest absolute Gasteiger partial charge is 0.345 e. The van der Waals surface area contributed by atoms with Gasteiger partial charge in [-0.15, -0.1) is 0 Å². The molecule has 3 heteroatoms. The standard InChI is InChI=1S/C11H12O3/c1-3-10(12)14-11(13)9-6-4-5-8(2)7-9/h4-7H,3H2,1-2H3. The van der Waals surface area contributed by atoms with E-state index in [-0.39, 0.29) is 6.42 Å². The molecular formula is C11H12O3. The number of hydrogen-bond donors (Lipinski definition) is 0. The molecule has 0 saturated heterocycles. The Kier molecular flexibility index (Phi) is 3.40. The summed E-state index contributed by atoms with van der Waals surface area (Å²) in [6.45, 7) is 3.52. The number of aryl methyl sites for hydroxylation is 1. The summed E-state index contributed by atoms with van der Waals surface area (Å²) < 4.78 is 4.56. The van der Waals surface area contributed by atoms with Gasteiger partial charge in [0.15, 0.2) is 0 Å². The molecule has 0 heterocycles. The molecule has 3 nitrogen and oxygen atoms in total. The fraction of sp³-hybridized carbons (Fsp3) is 0.273. The third-order valence-electron chi connectivity index (χ3n) is 1.75. The van der Waals surface area contributed by atoms with Gasteiger partial charge < -0.3 is 4.74 Å². The molecule has 0 aliphatic rings. The number of carbonyl (C=O) groups excluding carboxylic acids is 2. The minimum absolute atomic E-state index is 0.206. The van der Waals surface area contributed by atoms with Crippen molar-refractivity contribution < 1.29 is 14.3 Å². The van der Waals surface area contributed by atoms with E-state index < -0.39 is 11.9 Å². The van der Waals surface area contributed by atoms with E-state index in [9.17, 15) is 9.59 Å². The average molecular weight is 192 g/mol.